The van der Waals surface area contributed by atoms with E-state index in [2.05, 4.69) is 23.7 Å². The largest absolute Gasteiger partial charge is 0.316 e. The summed E-state index contributed by atoms with van der Waals surface area (Å²) in [5.41, 5.74) is 0. The molecule has 0 bridgehead atoms. The van der Waals surface area contributed by atoms with Crippen molar-refractivity contribution in [1.29, 1.82) is 0 Å². The molecule has 3 nitrogen and oxygen atoms in total. The Hall–Kier alpha value is -0.480. The van der Waals surface area contributed by atoms with Crippen molar-refractivity contribution in [2.45, 2.75) is 23.8 Å². The highest BCUT2D eigenvalue weighted by molar-refractivity contribution is 7.99. The second-order valence-electron chi connectivity index (χ2n) is 3.89. The normalized spacial score (nSPS) is 18.4. The molecular weight excluding hydrogens is 194 g/mol. The van der Waals surface area contributed by atoms with Gasteiger partial charge in [0.05, 0.1) is 6.20 Å². The van der Waals surface area contributed by atoms with E-state index in [-0.39, 0.29) is 0 Å². The van der Waals surface area contributed by atoms with Gasteiger partial charge in [0.2, 0.25) is 0 Å². The summed E-state index contributed by atoms with van der Waals surface area (Å²) in [4.78, 5) is 1.27. The molecule has 1 N–H and O–H groups in total. The molecular formula is C10H17N3S. The maximum atomic E-state index is 4.16. The zero-order chi connectivity index (χ0) is 9.97. The third kappa shape index (κ3) is 2.51. The van der Waals surface area contributed by atoms with Crippen LogP contribution in [0.4, 0.5) is 0 Å². The predicted octanol–water partition coefficient (Wildman–Crippen LogP) is 1.51. The quantitative estimate of drug-likeness (QED) is 0.749. The smallest absolute Gasteiger partial charge is 0.0625 e. The monoisotopic (exact) mass is 211 g/mol. The van der Waals surface area contributed by atoms with Crippen LogP contribution in [0, 0.1) is 5.92 Å². The third-order valence-corrected chi connectivity index (χ3v) is 3.74. The summed E-state index contributed by atoms with van der Waals surface area (Å²) in [7, 11) is 4.02. The predicted molar refractivity (Wildman–Crippen MR) is 59.5 cm³/mol. The van der Waals surface area contributed by atoms with Crippen LogP contribution < -0.4 is 5.32 Å². The van der Waals surface area contributed by atoms with E-state index in [0.29, 0.717) is 6.04 Å². The molecule has 0 aromatic carbocycles. The molecule has 0 amide bonds. The van der Waals surface area contributed by atoms with Crippen molar-refractivity contribution in [2.24, 2.45) is 13.0 Å². The molecule has 78 valence electrons. The first-order valence-electron chi connectivity index (χ1n) is 5.08. The highest BCUT2D eigenvalue weighted by Gasteiger charge is 2.29. The Morgan fingerprint density at radius 1 is 1.71 bits per heavy atom. The zero-order valence-corrected chi connectivity index (χ0v) is 9.55. The fourth-order valence-electron chi connectivity index (χ4n) is 1.61. The van der Waals surface area contributed by atoms with Crippen molar-refractivity contribution < 1.29 is 0 Å². The average molecular weight is 211 g/mol. The fourth-order valence-corrected chi connectivity index (χ4v) is 2.77. The van der Waals surface area contributed by atoms with Gasteiger partial charge in [0, 0.05) is 29.9 Å². The summed E-state index contributed by atoms with van der Waals surface area (Å²) in [6.07, 6.45) is 6.81. The molecule has 1 aliphatic carbocycles. The number of thioether (sulfide) groups is 1. The second-order valence-corrected chi connectivity index (χ2v) is 4.99. The van der Waals surface area contributed by atoms with Crippen molar-refractivity contribution in [2.75, 3.05) is 12.8 Å². The summed E-state index contributed by atoms with van der Waals surface area (Å²) in [5.74, 6) is 2.08. The summed E-state index contributed by atoms with van der Waals surface area (Å²) in [6.45, 7) is 0. The van der Waals surface area contributed by atoms with Gasteiger partial charge in [-0.05, 0) is 25.8 Å². The highest BCUT2D eigenvalue weighted by atomic mass is 32.2. The van der Waals surface area contributed by atoms with Gasteiger partial charge in [0.15, 0.2) is 0 Å². The van der Waals surface area contributed by atoms with E-state index in [0.717, 1.165) is 11.7 Å². The molecule has 1 saturated carbocycles. The van der Waals surface area contributed by atoms with Crippen molar-refractivity contribution >= 4 is 11.8 Å². The van der Waals surface area contributed by atoms with Crippen LogP contribution in [0.25, 0.3) is 0 Å². The first-order chi connectivity index (χ1) is 6.79. The van der Waals surface area contributed by atoms with E-state index in [4.69, 9.17) is 0 Å². The standard InChI is InChI=1S/C10H17N3S/c1-11-10(8-3-4-8)7-14-9-5-12-13(2)6-9/h5-6,8,10-11H,3-4,7H2,1-2H3. The third-order valence-electron chi connectivity index (χ3n) is 2.67. The average Bonchev–Trinajstić information content (AvgIpc) is 2.92. The van der Waals surface area contributed by atoms with E-state index < -0.39 is 0 Å². The molecule has 1 aromatic heterocycles. The second kappa shape index (κ2) is 4.36. The number of hydrogen-bond acceptors (Lipinski definition) is 3. The molecule has 1 aliphatic rings. The van der Waals surface area contributed by atoms with Crippen LogP contribution >= 0.6 is 11.8 Å². The number of hydrogen-bond donors (Lipinski definition) is 1. The van der Waals surface area contributed by atoms with E-state index in [1.165, 1.54) is 17.7 Å². The van der Waals surface area contributed by atoms with Crippen molar-refractivity contribution in [3.63, 3.8) is 0 Å². The minimum absolute atomic E-state index is 0.681. The Labute approximate surface area is 89.3 Å². The molecule has 1 aromatic rings. The van der Waals surface area contributed by atoms with E-state index in [1.807, 2.05) is 29.7 Å². The maximum Gasteiger partial charge on any atom is 0.0625 e. The molecule has 14 heavy (non-hydrogen) atoms. The summed E-state index contributed by atoms with van der Waals surface area (Å²) in [6, 6.07) is 0.681. The van der Waals surface area contributed by atoms with Gasteiger partial charge in [0.25, 0.3) is 0 Å². The van der Waals surface area contributed by atoms with E-state index in [9.17, 15) is 0 Å². The van der Waals surface area contributed by atoms with Crippen LogP contribution in [-0.2, 0) is 7.05 Å². The first kappa shape index (κ1) is 10.1. The molecule has 1 atom stereocenters. The SMILES string of the molecule is CNC(CSc1cnn(C)c1)C1CC1. The number of nitrogens with one attached hydrogen (secondary N) is 1. The van der Waals surface area contributed by atoms with Crippen LogP contribution in [0.1, 0.15) is 12.8 Å². The van der Waals surface area contributed by atoms with Crippen LogP contribution in [-0.4, -0.2) is 28.6 Å². The number of aromatic nitrogens is 2. The molecule has 1 heterocycles. The van der Waals surface area contributed by atoms with Crippen molar-refractivity contribution in [1.82, 2.24) is 15.1 Å². The molecule has 0 spiro atoms. The van der Waals surface area contributed by atoms with Crippen LogP contribution in [0.2, 0.25) is 0 Å². The minimum atomic E-state index is 0.681. The molecule has 4 heteroatoms. The van der Waals surface area contributed by atoms with Crippen LogP contribution in [0.15, 0.2) is 17.3 Å². The fraction of sp³-hybridized carbons (Fsp3) is 0.700. The summed E-state index contributed by atoms with van der Waals surface area (Å²) in [5, 5.41) is 7.55. The van der Waals surface area contributed by atoms with Crippen LogP contribution in [0.5, 0.6) is 0 Å². The molecule has 2 rings (SSSR count). The summed E-state index contributed by atoms with van der Waals surface area (Å²) < 4.78 is 1.85. The minimum Gasteiger partial charge on any atom is -0.316 e. The Balaban J connectivity index is 1.80. The first-order valence-corrected chi connectivity index (χ1v) is 6.07. The molecule has 0 aliphatic heterocycles. The van der Waals surface area contributed by atoms with Gasteiger partial charge in [0.1, 0.15) is 0 Å². The lowest BCUT2D eigenvalue weighted by Crippen LogP contribution is -2.29. The summed E-state index contributed by atoms with van der Waals surface area (Å²) >= 11 is 1.90. The van der Waals surface area contributed by atoms with Gasteiger partial charge in [-0.25, -0.2) is 0 Å². The zero-order valence-electron chi connectivity index (χ0n) is 8.73. The van der Waals surface area contributed by atoms with E-state index >= 15 is 0 Å². The van der Waals surface area contributed by atoms with Gasteiger partial charge >= 0.3 is 0 Å². The Morgan fingerprint density at radius 3 is 3.00 bits per heavy atom. The van der Waals surface area contributed by atoms with Crippen molar-refractivity contribution in [3.8, 4) is 0 Å². The number of nitrogens with zero attached hydrogens (tertiary/aromatic N) is 2. The van der Waals surface area contributed by atoms with Crippen LogP contribution in [0.3, 0.4) is 0 Å². The molecule has 0 radical (unpaired) electrons. The molecule has 0 saturated heterocycles. The topological polar surface area (TPSA) is 29.9 Å². The number of aryl methyl sites for hydroxylation is 1. The van der Waals surface area contributed by atoms with Gasteiger partial charge in [-0.3, -0.25) is 4.68 Å². The number of rotatable bonds is 5. The molecule has 1 fully saturated rings. The van der Waals surface area contributed by atoms with Gasteiger partial charge in [-0.1, -0.05) is 0 Å². The van der Waals surface area contributed by atoms with E-state index in [1.54, 1.807) is 0 Å². The molecule has 1 unspecified atom stereocenters. The van der Waals surface area contributed by atoms with Gasteiger partial charge < -0.3 is 5.32 Å². The van der Waals surface area contributed by atoms with Crippen molar-refractivity contribution in [3.05, 3.63) is 12.4 Å². The highest BCUT2D eigenvalue weighted by Crippen LogP contribution is 2.34. The lowest BCUT2D eigenvalue weighted by molar-refractivity contribution is 0.554. The lowest BCUT2D eigenvalue weighted by atomic mass is 10.2. The van der Waals surface area contributed by atoms with Gasteiger partial charge in [-0.15, -0.1) is 11.8 Å². The Bertz CT molecular complexity index is 293. The van der Waals surface area contributed by atoms with Gasteiger partial charge in [-0.2, -0.15) is 5.10 Å². The lowest BCUT2D eigenvalue weighted by Gasteiger charge is -2.13. The maximum absolute atomic E-state index is 4.16. The Kier molecular flexibility index (Phi) is 3.13. The Morgan fingerprint density at radius 2 is 2.50 bits per heavy atom.